The number of rotatable bonds is 2. The van der Waals surface area contributed by atoms with E-state index < -0.39 is 0 Å². The van der Waals surface area contributed by atoms with Crippen molar-refractivity contribution in [3.05, 3.63) is 20.8 Å². The highest BCUT2D eigenvalue weighted by atomic mass is 79.9. The molecule has 1 aromatic rings. The predicted molar refractivity (Wildman–Crippen MR) is 72.5 cm³/mol. The molecule has 0 atom stereocenters. The van der Waals surface area contributed by atoms with Crippen molar-refractivity contribution < 1.29 is 4.79 Å². The molecule has 1 saturated heterocycles. The summed E-state index contributed by atoms with van der Waals surface area (Å²) in [4.78, 5) is 16.7. The van der Waals surface area contributed by atoms with Crippen LogP contribution in [0.1, 0.15) is 23.2 Å². The van der Waals surface area contributed by atoms with E-state index in [1.165, 1.54) is 12.8 Å². The summed E-state index contributed by atoms with van der Waals surface area (Å²) < 4.78 is 1.03. The molecule has 0 bridgehead atoms. The topological polar surface area (TPSA) is 23.6 Å². The van der Waals surface area contributed by atoms with Gasteiger partial charge in [0.2, 0.25) is 0 Å². The molecule has 2 fully saturated rings. The van der Waals surface area contributed by atoms with Crippen LogP contribution < -0.4 is 0 Å². The van der Waals surface area contributed by atoms with Crippen molar-refractivity contribution in [3.63, 3.8) is 0 Å². The molecular weight excluding hydrogens is 300 g/mol. The summed E-state index contributed by atoms with van der Waals surface area (Å²) in [5, 5.41) is 1.93. The summed E-state index contributed by atoms with van der Waals surface area (Å²) >= 11 is 4.97. The number of piperazine rings is 1. The Morgan fingerprint density at radius 1 is 1.29 bits per heavy atom. The lowest BCUT2D eigenvalue weighted by Gasteiger charge is -2.34. The first-order valence-corrected chi connectivity index (χ1v) is 7.68. The van der Waals surface area contributed by atoms with Gasteiger partial charge in [-0.3, -0.25) is 9.69 Å². The smallest absolute Gasteiger partial charge is 0.254 e. The molecule has 2 heterocycles. The van der Waals surface area contributed by atoms with Crippen LogP contribution >= 0.6 is 27.3 Å². The third-order valence-electron chi connectivity index (χ3n) is 3.48. The standard InChI is InChI=1S/C12H15BrN2OS/c13-11-7-9(8-17-11)12(16)15-5-3-14(4-6-15)10-1-2-10/h7-8,10H,1-6H2. The highest BCUT2D eigenvalue weighted by Gasteiger charge is 2.32. The Bertz CT molecular complexity index is 422. The van der Waals surface area contributed by atoms with Gasteiger partial charge in [0, 0.05) is 37.6 Å². The Hall–Kier alpha value is -0.390. The molecule has 1 saturated carbocycles. The lowest BCUT2D eigenvalue weighted by Crippen LogP contribution is -2.49. The number of thiophene rings is 1. The van der Waals surface area contributed by atoms with Crippen LogP contribution in [0.25, 0.3) is 0 Å². The van der Waals surface area contributed by atoms with Crippen LogP contribution in [0, 0.1) is 0 Å². The average Bonchev–Trinajstić information content (AvgIpc) is 3.11. The van der Waals surface area contributed by atoms with Crippen LogP contribution in [0.3, 0.4) is 0 Å². The van der Waals surface area contributed by atoms with Gasteiger partial charge in [0.1, 0.15) is 0 Å². The Labute approximate surface area is 114 Å². The molecule has 1 aliphatic carbocycles. The second-order valence-corrected chi connectivity index (χ2v) is 6.99. The zero-order valence-electron chi connectivity index (χ0n) is 9.56. The number of hydrogen-bond acceptors (Lipinski definition) is 3. The normalized spacial score (nSPS) is 21.8. The van der Waals surface area contributed by atoms with E-state index in [0.717, 1.165) is 41.6 Å². The molecule has 92 valence electrons. The molecule has 1 aromatic heterocycles. The number of carbonyl (C=O) groups is 1. The highest BCUT2D eigenvalue weighted by molar-refractivity contribution is 9.11. The van der Waals surface area contributed by atoms with Crippen molar-refractivity contribution in [3.8, 4) is 0 Å². The van der Waals surface area contributed by atoms with Crippen molar-refractivity contribution in [2.24, 2.45) is 0 Å². The molecule has 3 nitrogen and oxygen atoms in total. The van der Waals surface area contributed by atoms with Gasteiger partial charge in [-0.2, -0.15) is 0 Å². The molecule has 0 radical (unpaired) electrons. The summed E-state index contributed by atoms with van der Waals surface area (Å²) in [6.45, 7) is 3.84. The molecule has 0 aromatic carbocycles. The highest BCUT2D eigenvalue weighted by Crippen LogP contribution is 2.28. The maximum atomic E-state index is 12.2. The second-order valence-electron chi connectivity index (χ2n) is 4.70. The largest absolute Gasteiger partial charge is 0.336 e. The first kappa shape index (κ1) is 11.7. The molecular formula is C12H15BrN2OS. The Morgan fingerprint density at radius 3 is 2.53 bits per heavy atom. The van der Waals surface area contributed by atoms with E-state index in [0.29, 0.717) is 0 Å². The lowest BCUT2D eigenvalue weighted by atomic mass is 10.2. The zero-order valence-corrected chi connectivity index (χ0v) is 12.0. The fourth-order valence-electron chi connectivity index (χ4n) is 2.33. The zero-order chi connectivity index (χ0) is 11.8. The second kappa shape index (κ2) is 4.71. The number of nitrogens with zero attached hydrogens (tertiary/aromatic N) is 2. The summed E-state index contributed by atoms with van der Waals surface area (Å²) in [6.07, 6.45) is 2.71. The molecule has 0 N–H and O–H groups in total. The predicted octanol–water partition coefficient (Wildman–Crippen LogP) is 2.43. The minimum Gasteiger partial charge on any atom is -0.336 e. The number of amides is 1. The fraction of sp³-hybridized carbons (Fsp3) is 0.583. The molecule has 17 heavy (non-hydrogen) atoms. The molecule has 1 amide bonds. The van der Waals surface area contributed by atoms with E-state index in [1.807, 2.05) is 16.3 Å². The summed E-state index contributed by atoms with van der Waals surface area (Å²) in [5.74, 6) is 0.183. The van der Waals surface area contributed by atoms with Crippen LogP contribution in [0.5, 0.6) is 0 Å². The third-order valence-corrected chi connectivity index (χ3v) is 4.98. The average molecular weight is 315 g/mol. The van der Waals surface area contributed by atoms with Gasteiger partial charge in [-0.15, -0.1) is 11.3 Å². The van der Waals surface area contributed by atoms with Crippen molar-refractivity contribution >= 4 is 33.2 Å². The summed E-state index contributed by atoms with van der Waals surface area (Å²) in [6, 6.07) is 2.74. The quantitative estimate of drug-likeness (QED) is 0.837. The van der Waals surface area contributed by atoms with Crippen LogP contribution in [-0.2, 0) is 0 Å². The van der Waals surface area contributed by atoms with E-state index in [1.54, 1.807) is 11.3 Å². The van der Waals surface area contributed by atoms with Gasteiger partial charge in [-0.1, -0.05) is 0 Å². The molecule has 0 unspecified atom stereocenters. The van der Waals surface area contributed by atoms with Gasteiger partial charge in [-0.25, -0.2) is 0 Å². The Balaban J connectivity index is 1.60. The van der Waals surface area contributed by atoms with Crippen LogP contribution in [0.15, 0.2) is 15.2 Å². The molecule has 3 rings (SSSR count). The Kier molecular flexibility index (Phi) is 3.23. The Morgan fingerprint density at radius 2 is 2.00 bits per heavy atom. The fourth-order valence-corrected chi connectivity index (χ4v) is 3.47. The minimum atomic E-state index is 0.183. The van der Waals surface area contributed by atoms with Crippen LogP contribution in [0.4, 0.5) is 0 Å². The van der Waals surface area contributed by atoms with Crippen molar-refractivity contribution in [2.45, 2.75) is 18.9 Å². The van der Waals surface area contributed by atoms with Crippen LogP contribution in [0.2, 0.25) is 0 Å². The van der Waals surface area contributed by atoms with E-state index in [9.17, 15) is 4.79 Å². The number of hydrogen-bond donors (Lipinski definition) is 0. The minimum absolute atomic E-state index is 0.183. The molecule has 1 aliphatic heterocycles. The van der Waals surface area contributed by atoms with Gasteiger partial charge in [0.15, 0.2) is 0 Å². The molecule has 5 heteroatoms. The van der Waals surface area contributed by atoms with Gasteiger partial charge in [0.05, 0.1) is 9.35 Å². The van der Waals surface area contributed by atoms with E-state index >= 15 is 0 Å². The van der Waals surface area contributed by atoms with Gasteiger partial charge in [0.25, 0.3) is 5.91 Å². The maximum Gasteiger partial charge on any atom is 0.254 e. The van der Waals surface area contributed by atoms with Gasteiger partial charge in [-0.05, 0) is 34.8 Å². The molecule has 0 spiro atoms. The lowest BCUT2D eigenvalue weighted by molar-refractivity contribution is 0.0628. The molecule has 2 aliphatic rings. The van der Waals surface area contributed by atoms with Crippen molar-refractivity contribution in [1.82, 2.24) is 9.80 Å². The van der Waals surface area contributed by atoms with E-state index in [-0.39, 0.29) is 5.91 Å². The monoisotopic (exact) mass is 314 g/mol. The van der Waals surface area contributed by atoms with Crippen molar-refractivity contribution in [2.75, 3.05) is 26.2 Å². The van der Waals surface area contributed by atoms with E-state index in [4.69, 9.17) is 0 Å². The first-order chi connectivity index (χ1) is 8.24. The third kappa shape index (κ3) is 2.56. The number of carbonyl (C=O) groups excluding carboxylic acids is 1. The summed E-state index contributed by atoms with van der Waals surface area (Å²) in [5.41, 5.74) is 0.821. The van der Waals surface area contributed by atoms with E-state index in [2.05, 4.69) is 20.8 Å². The SMILES string of the molecule is O=C(c1csc(Br)c1)N1CCN(C2CC2)CC1. The van der Waals surface area contributed by atoms with Crippen molar-refractivity contribution in [1.29, 1.82) is 0 Å². The summed E-state index contributed by atoms with van der Waals surface area (Å²) in [7, 11) is 0. The first-order valence-electron chi connectivity index (χ1n) is 6.01. The maximum absolute atomic E-state index is 12.2. The van der Waals surface area contributed by atoms with Gasteiger partial charge >= 0.3 is 0 Å². The van der Waals surface area contributed by atoms with Crippen LogP contribution in [-0.4, -0.2) is 47.9 Å². The number of halogens is 1. The van der Waals surface area contributed by atoms with Gasteiger partial charge < -0.3 is 4.90 Å².